The van der Waals surface area contributed by atoms with E-state index in [1.54, 1.807) is 38.0 Å². The van der Waals surface area contributed by atoms with Gasteiger partial charge in [0.05, 0.1) is 24.3 Å². The number of aromatic nitrogens is 3. The molecule has 0 saturated heterocycles. The van der Waals surface area contributed by atoms with Crippen molar-refractivity contribution in [3.05, 3.63) is 46.4 Å². The minimum absolute atomic E-state index is 0.159. The van der Waals surface area contributed by atoms with Crippen LogP contribution in [0.5, 0.6) is 5.75 Å². The number of carbonyl (C=O) groups excluding carboxylic acids is 1. The molecule has 1 atom stereocenters. The second kappa shape index (κ2) is 7.76. The van der Waals surface area contributed by atoms with Gasteiger partial charge in [0.2, 0.25) is 5.95 Å². The number of nitrogens with one attached hydrogen (secondary N) is 1. The first-order chi connectivity index (χ1) is 12.6. The van der Waals surface area contributed by atoms with Gasteiger partial charge in [-0.15, -0.1) is 0 Å². The van der Waals surface area contributed by atoms with Crippen molar-refractivity contribution in [3.63, 3.8) is 0 Å². The molecule has 0 unspecified atom stereocenters. The topological polar surface area (TPSA) is 87.5 Å². The third-order valence-electron chi connectivity index (χ3n) is 4.03. The van der Waals surface area contributed by atoms with Gasteiger partial charge >= 0.3 is 5.97 Å². The number of anilines is 1. The van der Waals surface area contributed by atoms with Crippen LogP contribution in [-0.4, -0.2) is 48.2 Å². The number of hydrogen-bond acceptors (Lipinski definition) is 7. The van der Waals surface area contributed by atoms with Gasteiger partial charge in [-0.25, -0.2) is 9.48 Å². The van der Waals surface area contributed by atoms with Gasteiger partial charge in [0.15, 0.2) is 0 Å². The molecule has 3 rings (SSSR count). The highest BCUT2D eigenvalue weighted by Gasteiger charge is 2.34. The number of esters is 1. The maximum atomic E-state index is 12.7. The van der Waals surface area contributed by atoms with Gasteiger partial charge in [-0.1, -0.05) is 17.7 Å². The predicted octanol–water partition coefficient (Wildman–Crippen LogP) is 2.42. The van der Waals surface area contributed by atoms with Crippen molar-refractivity contribution < 1.29 is 19.0 Å². The van der Waals surface area contributed by atoms with Crippen molar-refractivity contribution in [2.75, 3.05) is 32.8 Å². The number of methoxy groups -OCH3 is 2. The van der Waals surface area contributed by atoms with Crippen LogP contribution in [0.15, 0.2) is 35.8 Å². The first kappa shape index (κ1) is 18.2. The molecule has 0 aliphatic carbocycles. The number of fused-ring (bicyclic) bond motifs is 1. The normalized spacial score (nSPS) is 16.1. The fourth-order valence-electron chi connectivity index (χ4n) is 2.81. The Kier molecular flexibility index (Phi) is 5.43. The van der Waals surface area contributed by atoms with Gasteiger partial charge in [0, 0.05) is 12.8 Å². The highest BCUT2D eigenvalue weighted by atomic mass is 35.5. The lowest BCUT2D eigenvalue weighted by Gasteiger charge is -2.28. The van der Waals surface area contributed by atoms with Crippen molar-refractivity contribution in [2.24, 2.45) is 0 Å². The molecule has 138 valence electrons. The van der Waals surface area contributed by atoms with Crippen molar-refractivity contribution in [3.8, 4) is 5.75 Å². The molecule has 1 aromatic carbocycles. The van der Waals surface area contributed by atoms with E-state index in [1.165, 1.54) is 6.33 Å². The smallest absolute Gasteiger partial charge is 0.338 e. The van der Waals surface area contributed by atoms with E-state index in [0.717, 1.165) is 5.56 Å². The highest BCUT2D eigenvalue weighted by Crippen LogP contribution is 2.37. The summed E-state index contributed by atoms with van der Waals surface area (Å²) in [5.74, 6) is 0.631. The number of carbonyl (C=O) groups is 1. The monoisotopic (exact) mass is 378 g/mol. The minimum Gasteiger partial charge on any atom is -0.495 e. The third kappa shape index (κ3) is 3.38. The molecule has 0 spiro atoms. The first-order valence-electron chi connectivity index (χ1n) is 7.93. The van der Waals surface area contributed by atoms with Crippen LogP contribution in [0.4, 0.5) is 5.95 Å². The van der Waals surface area contributed by atoms with Crippen LogP contribution in [-0.2, 0) is 14.3 Å². The number of hydrogen-bond donors (Lipinski definition) is 1. The average molecular weight is 379 g/mol. The maximum absolute atomic E-state index is 12.7. The zero-order chi connectivity index (χ0) is 18.7. The average Bonchev–Trinajstić information content (AvgIpc) is 3.08. The summed E-state index contributed by atoms with van der Waals surface area (Å²) in [6.45, 7) is 2.27. The SMILES string of the molecule is COCCOC(=O)C1=C(C)Nc2ncnn2[C@H]1c1ccc(OC)c(Cl)c1. The first-order valence-corrected chi connectivity index (χ1v) is 8.31. The zero-order valence-electron chi connectivity index (χ0n) is 14.7. The summed E-state index contributed by atoms with van der Waals surface area (Å²) in [7, 11) is 3.09. The van der Waals surface area contributed by atoms with Crippen LogP contribution in [0.25, 0.3) is 0 Å². The Morgan fingerprint density at radius 1 is 1.35 bits per heavy atom. The summed E-state index contributed by atoms with van der Waals surface area (Å²) in [6, 6.07) is 4.81. The van der Waals surface area contributed by atoms with E-state index in [4.69, 9.17) is 25.8 Å². The molecule has 1 aromatic heterocycles. The van der Waals surface area contributed by atoms with Crippen LogP contribution in [0.1, 0.15) is 18.5 Å². The molecule has 9 heteroatoms. The van der Waals surface area contributed by atoms with Gasteiger partial charge in [-0.05, 0) is 24.6 Å². The number of nitrogens with zero attached hydrogens (tertiary/aromatic N) is 3. The van der Waals surface area contributed by atoms with E-state index in [0.29, 0.717) is 34.6 Å². The lowest BCUT2D eigenvalue weighted by Crippen LogP contribution is -2.30. The molecule has 0 radical (unpaired) electrons. The zero-order valence-corrected chi connectivity index (χ0v) is 15.4. The Balaban J connectivity index is 2.03. The van der Waals surface area contributed by atoms with E-state index in [1.807, 2.05) is 6.07 Å². The van der Waals surface area contributed by atoms with E-state index in [-0.39, 0.29) is 6.61 Å². The van der Waals surface area contributed by atoms with Gasteiger partial charge in [-0.3, -0.25) is 0 Å². The summed E-state index contributed by atoms with van der Waals surface area (Å²) in [5.41, 5.74) is 1.84. The summed E-state index contributed by atoms with van der Waals surface area (Å²) in [4.78, 5) is 16.9. The van der Waals surface area contributed by atoms with E-state index in [2.05, 4.69) is 15.4 Å². The van der Waals surface area contributed by atoms with Crippen LogP contribution in [0.3, 0.4) is 0 Å². The van der Waals surface area contributed by atoms with Crippen LogP contribution in [0.2, 0.25) is 5.02 Å². The van der Waals surface area contributed by atoms with Crippen molar-refractivity contribution in [2.45, 2.75) is 13.0 Å². The molecular weight excluding hydrogens is 360 g/mol. The van der Waals surface area contributed by atoms with E-state index in [9.17, 15) is 4.79 Å². The number of halogens is 1. The Bertz CT molecular complexity index is 849. The molecule has 1 aliphatic rings. The molecule has 26 heavy (non-hydrogen) atoms. The summed E-state index contributed by atoms with van der Waals surface area (Å²) < 4.78 is 17.1. The van der Waals surface area contributed by atoms with Crippen LogP contribution >= 0.6 is 11.6 Å². The minimum atomic E-state index is -0.521. The van der Waals surface area contributed by atoms with Crippen LogP contribution < -0.4 is 10.1 Å². The number of allylic oxidation sites excluding steroid dienone is 1. The van der Waals surface area contributed by atoms with E-state index < -0.39 is 12.0 Å². The number of benzene rings is 1. The van der Waals surface area contributed by atoms with Crippen molar-refractivity contribution >= 4 is 23.5 Å². The van der Waals surface area contributed by atoms with Crippen molar-refractivity contribution in [1.29, 1.82) is 0 Å². The maximum Gasteiger partial charge on any atom is 0.338 e. The Morgan fingerprint density at radius 2 is 2.15 bits per heavy atom. The molecule has 8 nitrogen and oxygen atoms in total. The molecule has 1 aliphatic heterocycles. The largest absolute Gasteiger partial charge is 0.495 e. The predicted molar refractivity (Wildman–Crippen MR) is 95.3 cm³/mol. The summed E-state index contributed by atoms with van der Waals surface area (Å²) >= 11 is 6.28. The van der Waals surface area contributed by atoms with Crippen LogP contribution in [0, 0.1) is 0 Å². The molecule has 0 saturated carbocycles. The number of rotatable bonds is 6. The second-order valence-corrected chi connectivity index (χ2v) is 6.02. The highest BCUT2D eigenvalue weighted by molar-refractivity contribution is 6.32. The quantitative estimate of drug-likeness (QED) is 0.610. The lowest BCUT2D eigenvalue weighted by molar-refractivity contribution is -0.140. The standard InChI is InChI=1S/C17H19ClN4O4/c1-10-14(16(23)26-7-6-24-2)15(22-17(21-10)19-9-20-22)11-4-5-13(25-3)12(18)8-11/h4-5,8-9,15H,6-7H2,1-3H3,(H,19,20,21)/t15-/m0/s1. The fraction of sp³-hybridized carbons (Fsp3) is 0.353. The van der Waals surface area contributed by atoms with Gasteiger partial charge in [0.25, 0.3) is 0 Å². The molecule has 2 heterocycles. The van der Waals surface area contributed by atoms with Gasteiger partial charge < -0.3 is 19.5 Å². The lowest BCUT2D eigenvalue weighted by atomic mass is 9.95. The molecule has 2 aromatic rings. The Morgan fingerprint density at radius 3 is 2.85 bits per heavy atom. The summed E-state index contributed by atoms with van der Waals surface area (Å²) in [6.07, 6.45) is 1.42. The fourth-order valence-corrected chi connectivity index (χ4v) is 3.08. The molecule has 0 amide bonds. The summed E-state index contributed by atoms with van der Waals surface area (Å²) in [5, 5.41) is 7.77. The number of ether oxygens (including phenoxy) is 3. The molecule has 0 fully saturated rings. The van der Waals surface area contributed by atoms with Crippen molar-refractivity contribution in [1.82, 2.24) is 14.8 Å². The van der Waals surface area contributed by atoms with Gasteiger partial charge in [0.1, 0.15) is 24.7 Å². The Hall–Kier alpha value is -2.58. The Labute approximate surface area is 155 Å². The molecular formula is C17H19ClN4O4. The molecule has 0 bridgehead atoms. The third-order valence-corrected chi connectivity index (χ3v) is 4.32. The molecule has 1 N–H and O–H groups in total. The second-order valence-electron chi connectivity index (χ2n) is 5.62. The van der Waals surface area contributed by atoms with E-state index >= 15 is 0 Å². The van der Waals surface area contributed by atoms with Gasteiger partial charge in [-0.2, -0.15) is 10.1 Å².